The van der Waals surface area contributed by atoms with Gasteiger partial charge in [-0.2, -0.15) is 0 Å². The molecule has 32 heavy (non-hydrogen) atoms. The minimum atomic E-state index is -0.818. The number of amides is 3. The first-order valence-electron chi connectivity index (χ1n) is 10.9. The summed E-state index contributed by atoms with van der Waals surface area (Å²) in [6.45, 7) is 4.26. The lowest BCUT2D eigenvalue weighted by molar-refractivity contribution is -0.137. The van der Waals surface area contributed by atoms with Crippen LogP contribution in [0, 0.1) is 17.8 Å². The van der Waals surface area contributed by atoms with Gasteiger partial charge >= 0.3 is 6.09 Å². The van der Waals surface area contributed by atoms with Gasteiger partial charge in [-0.05, 0) is 62.0 Å². The van der Waals surface area contributed by atoms with Gasteiger partial charge in [0.25, 0.3) is 5.91 Å². The van der Waals surface area contributed by atoms with Crippen molar-refractivity contribution in [1.29, 1.82) is 0 Å². The number of hydrogen-bond donors (Lipinski definition) is 3. The summed E-state index contributed by atoms with van der Waals surface area (Å²) in [6, 6.07) is 1.55. The Kier molecular flexibility index (Phi) is 5.83. The molecule has 2 atom stereocenters. The van der Waals surface area contributed by atoms with Crippen molar-refractivity contribution in [2.24, 2.45) is 23.5 Å². The SMILES string of the molecule is C=C(/C=C/n1ccc(C(=O)N[C@H]2C3CC4CC2C[C@](OC(N)=O)(C4)C3)c1CF)NC(C)=O. The molecule has 1 aromatic heterocycles. The first-order valence-corrected chi connectivity index (χ1v) is 10.9. The summed E-state index contributed by atoms with van der Waals surface area (Å²) in [5.74, 6) is 0.330. The first kappa shape index (κ1) is 22.1. The molecule has 3 amide bonds. The molecular formula is C23H29FN4O4. The van der Waals surface area contributed by atoms with Crippen LogP contribution in [0.15, 0.2) is 30.6 Å². The highest BCUT2D eigenvalue weighted by Crippen LogP contribution is 2.57. The second-order valence-corrected chi connectivity index (χ2v) is 9.31. The summed E-state index contributed by atoms with van der Waals surface area (Å²) in [5.41, 5.74) is 5.67. The molecule has 0 aliphatic heterocycles. The Morgan fingerprint density at radius 2 is 2.00 bits per heavy atom. The summed E-state index contributed by atoms with van der Waals surface area (Å²) in [5, 5.41) is 5.67. The van der Waals surface area contributed by atoms with E-state index in [1.165, 1.54) is 17.6 Å². The van der Waals surface area contributed by atoms with E-state index >= 15 is 0 Å². The minimum Gasteiger partial charge on any atom is -0.443 e. The van der Waals surface area contributed by atoms with Crippen molar-refractivity contribution in [2.75, 3.05) is 0 Å². The van der Waals surface area contributed by atoms with Crippen molar-refractivity contribution in [3.05, 3.63) is 41.9 Å². The number of hydrogen-bond acceptors (Lipinski definition) is 4. The number of primary amides is 1. The van der Waals surface area contributed by atoms with E-state index in [0.29, 0.717) is 24.5 Å². The summed E-state index contributed by atoms with van der Waals surface area (Å²) in [6.07, 6.45) is 8.15. The van der Waals surface area contributed by atoms with E-state index in [1.54, 1.807) is 18.5 Å². The Hall–Kier alpha value is -3.10. The normalized spacial score (nSPS) is 30.3. The third kappa shape index (κ3) is 4.28. The first-order chi connectivity index (χ1) is 15.2. The number of nitrogens with zero attached hydrogens (tertiary/aromatic N) is 1. The van der Waals surface area contributed by atoms with Gasteiger partial charge in [0.15, 0.2) is 0 Å². The maximum absolute atomic E-state index is 13.8. The Balaban J connectivity index is 1.46. The van der Waals surface area contributed by atoms with Crippen molar-refractivity contribution in [3.63, 3.8) is 0 Å². The van der Waals surface area contributed by atoms with Crippen molar-refractivity contribution < 1.29 is 23.5 Å². The van der Waals surface area contributed by atoms with Crippen LogP contribution >= 0.6 is 0 Å². The van der Waals surface area contributed by atoms with E-state index in [1.807, 2.05) is 0 Å². The molecule has 1 aromatic rings. The predicted molar refractivity (Wildman–Crippen MR) is 116 cm³/mol. The summed E-state index contributed by atoms with van der Waals surface area (Å²) in [4.78, 5) is 35.6. The smallest absolute Gasteiger partial charge is 0.405 e. The highest BCUT2D eigenvalue weighted by atomic mass is 19.1. The van der Waals surface area contributed by atoms with Crippen LogP contribution in [0.4, 0.5) is 9.18 Å². The van der Waals surface area contributed by atoms with Crippen LogP contribution in [0.25, 0.3) is 6.20 Å². The molecular weight excluding hydrogens is 415 g/mol. The van der Waals surface area contributed by atoms with Crippen molar-refractivity contribution in [2.45, 2.75) is 57.3 Å². The fourth-order valence-corrected chi connectivity index (χ4v) is 6.16. The molecule has 0 spiro atoms. The van der Waals surface area contributed by atoms with Gasteiger partial charge in [-0.15, -0.1) is 0 Å². The van der Waals surface area contributed by atoms with Crippen LogP contribution in [-0.2, 0) is 16.2 Å². The van der Waals surface area contributed by atoms with E-state index in [-0.39, 0.29) is 40.9 Å². The lowest BCUT2D eigenvalue weighted by Gasteiger charge is -2.58. The third-order valence-corrected chi connectivity index (χ3v) is 7.00. The Morgan fingerprint density at radius 1 is 1.31 bits per heavy atom. The molecule has 5 rings (SSSR count). The maximum atomic E-state index is 13.8. The zero-order chi connectivity index (χ0) is 23.0. The molecule has 9 heteroatoms. The van der Waals surface area contributed by atoms with Crippen LogP contribution in [0.3, 0.4) is 0 Å². The molecule has 4 saturated carbocycles. The van der Waals surface area contributed by atoms with Crippen molar-refractivity contribution in [1.82, 2.24) is 15.2 Å². The van der Waals surface area contributed by atoms with Crippen LogP contribution in [0.1, 0.15) is 55.1 Å². The topological polar surface area (TPSA) is 115 Å². The van der Waals surface area contributed by atoms with Crippen LogP contribution in [0.5, 0.6) is 0 Å². The Morgan fingerprint density at radius 3 is 2.59 bits per heavy atom. The standard InChI is InChI=1S/C23H29FN4O4/c1-13(26-14(2)29)3-5-28-6-4-18(19(28)12-24)21(30)27-20-16-7-15-8-17(20)11-23(9-15,10-16)32-22(25)31/h3-6,15-17,20H,1,7-12H2,2H3,(H2,25,31)(H,26,29)(H,27,30)/b5-3+/t15?,16?,17?,20-,23-. The zero-order valence-corrected chi connectivity index (χ0v) is 18.1. The molecule has 4 aliphatic rings. The largest absolute Gasteiger partial charge is 0.443 e. The Labute approximate surface area is 186 Å². The van der Waals surface area contributed by atoms with E-state index in [9.17, 15) is 18.8 Å². The molecule has 4 N–H and O–H groups in total. The second-order valence-electron chi connectivity index (χ2n) is 9.31. The molecule has 4 bridgehead atoms. The molecule has 4 aliphatic carbocycles. The summed E-state index contributed by atoms with van der Waals surface area (Å²) >= 11 is 0. The van der Waals surface area contributed by atoms with Crippen molar-refractivity contribution in [3.8, 4) is 0 Å². The quantitative estimate of drug-likeness (QED) is 0.561. The molecule has 2 unspecified atom stereocenters. The summed E-state index contributed by atoms with van der Waals surface area (Å²) in [7, 11) is 0. The van der Waals surface area contributed by atoms with Gasteiger partial charge in [-0.25, -0.2) is 9.18 Å². The van der Waals surface area contributed by atoms with Gasteiger partial charge < -0.3 is 25.7 Å². The average Bonchev–Trinajstić information content (AvgIpc) is 3.10. The lowest BCUT2D eigenvalue weighted by atomic mass is 9.52. The van der Waals surface area contributed by atoms with Crippen molar-refractivity contribution >= 4 is 24.1 Å². The molecule has 0 saturated heterocycles. The molecule has 0 aromatic carbocycles. The Bertz CT molecular complexity index is 969. The highest BCUT2D eigenvalue weighted by Gasteiger charge is 2.57. The van der Waals surface area contributed by atoms with Crippen LogP contribution in [-0.4, -0.2) is 34.1 Å². The third-order valence-electron chi connectivity index (χ3n) is 7.00. The fourth-order valence-electron chi connectivity index (χ4n) is 6.16. The van der Waals surface area contributed by atoms with E-state index in [0.717, 1.165) is 19.3 Å². The second kappa shape index (κ2) is 8.44. The van der Waals surface area contributed by atoms with E-state index in [2.05, 4.69) is 17.2 Å². The number of alkyl halides is 1. The monoisotopic (exact) mass is 444 g/mol. The average molecular weight is 445 g/mol. The van der Waals surface area contributed by atoms with Gasteiger partial charge in [0.05, 0.1) is 11.3 Å². The number of rotatable bonds is 7. The minimum absolute atomic E-state index is 0.0328. The highest BCUT2D eigenvalue weighted by molar-refractivity contribution is 5.96. The number of aromatic nitrogens is 1. The van der Waals surface area contributed by atoms with Crippen LogP contribution < -0.4 is 16.4 Å². The number of nitrogens with two attached hydrogens (primary N) is 1. The van der Waals surface area contributed by atoms with Gasteiger partial charge in [-0.1, -0.05) is 6.58 Å². The molecule has 8 nitrogen and oxygen atoms in total. The number of nitrogens with one attached hydrogen (secondary N) is 2. The maximum Gasteiger partial charge on any atom is 0.405 e. The molecule has 0 radical (unpaired) electrons. The van der Waals surface area contributed by atoms with E-state index in [4.69, 9.17) is 10.5 Å². The summed E-state index contributed by atoms with van der Waals surface area (Å²) < 4.78 is 20.9. The van der Waals surface area contributed by atoms with Gasteiger partial charge in [0.1, 0.15) is 12.3 Å². The number of carbonyl (C=O) groups is 3. The molecule has 1 heterocycles. The molecule has 172 valence electrons. The number of allylic oxidation sites excluding steroid dienone is 1. The van der Waals surface area contributed by atoms with Crippen LogP contribution in [0.2, 0.25) is 0 Å². The predicted octanol–water partition coefficient (Wildman–Crippen LogP) is 2.85. The fraction of sp³-hybridized carbons (Fsp3) is 0.522. The van der Waals surface area contributed by atoms with E-state index < -0.39 is 18.4 Å². The zero-order valence-electron chi connectivity index (χ0n) is 18.1. The number of ether oxygens (including phenoxy) is 1. The van der Waals surface area contributed by atoms with Gasteiger partial charge in [-0.3, -0.25) is 9.59 Å². The molecule has 4 fully saturated rings. The number of halogens is 1. The van der Waals surface area contributed by atoms with Gasteiger partial charge in [0.2, 0.25) is 5.91 Å². The van der Waals surface area contributed by atoms with Gasteiger partial charge in [0, 0.05) is 31.1 Å². The lowest BCUT2D eigenvalue weighted by Crippen LogP contribution is -2.63. The number of carbonyl (C=O) groups excluding carboxylic acids is 3.